The highest BCUT2D eigenvalue weighted by Gasteiger charge is 2.07. The van der Waals surface area contributed by atoms with Crippen LogP contribution < -0.4 is 9.47 Å². The van der Waals surface area contributed by atoms with Gasteiger partial charge in [0.05, 0.1) is 37.8 Å². The van der Waals surface area contributed by atoms with Crippen LogP contribution in [0.15, 0.2) is 169 Å². The number of hydrogen-bond acceptors (Lipinski definition) is 8. The Labute approximate surface area is 388 Å². The number of esters is 2. The standard InChI is InChI=1S/C58H52N2O6/c1-5-57(61)65-37-9-7-35-63-53-29-19-49(20-30-53)41-59-51-25-15-45(16-26-51)11-13-47-23-33-55(43(3)39-47)56-34-24-48(40-44(56)4)14-12-46-17-27-52(28-18-46)60-42-50-21-31-54(32-22-50)64-36-8-10-38-66-58(62)6-2/h5-6,15-34,39-42H,1-2,7-10,35-38H2,3-4H3. The van der Waals surface area contributed by atoms with Gasteiger partial charge in [0.25, 0.3) is 0 Å². The van der Waals surface area contributed by atoms with Gasteiger partial charge in [0, 0.05) is 46.8 Å². The molecule has 66 heavy (non-hydrogen) atoms. The van der Waals surface area contributed by atoms with Crippen LogP contribution in [0.5, 0.6) is 11.5 Å². The Kier molecular flexibility index (Phi) is 18.0. The molecule has 0 spiro atoms. The highest BCUT2D eigenvalue weighted by molar-refractivity contribution is 5.83. The number of aliphatic imine (C=N–C) groups is 2. The minimum Gasteiger partial charge on any atom is -0.494 e. The van der Waals surface area contributed by atoms with Gasteiger partial charge in [0.1, 0.15) is 11.5 Å². The maximum atomic E-state index is 11.1. The second-order valence-electron chi connectivity index (χ2n) is 15.2. The van der Waals surface area contributed by atoms with Crippen molar-refractivity contribution in [3.8, 4) is 46.3 Å². The molecule has 0 aliphatic carbocycles. The number of ether oxygens (including phenoxy) is 4. The van der Waals surface area contributed by atoms with E-state index >= 15 is 0 Å². The van der Waals surface area contributed by atoms with E-state index in [-0.39, 0.29) is 0 Å². The monoisotopic (exact) mass is 872 g/mol. The van der Waals surface area contributed by atoms with Crippen LogP contribution in [-0.4, -0.2) is 50.8 Å². The van der Waals surface area contributed by atoms with E-state index in [2.05, 4.69) is 97.1 Å². The molecule has 330 valence electrons. The summed E-state index contributed by atoms with van der Waals surface area (Å²) in [7, 11) is 0. The van der Waals surface area contributed by atoms with Crippen molar-refractivity contribution in [1.82, 2.24) is 0 Å². The first-order chi connectivity index (χ1) is 32.2. The number of aryl methyl sites for hydroxylation is 2. The fraction of sp³-hybridized carbons (Fsp3) is 0.172. The maximum Gasteiger partial charge on any atom is 0.330 e. The molecule has 0 saturated carbocycles. The fourth-order valence-corrected chi connectivity index (χ4v) is 6.49. The van der Waals surface area contributed by atoms with Gasteiger partial charge >= 0.3 is 11.9 Å². The van der Waals surface area contributed by atoms with E-state index in [1.54, 1.807) is 0 Å². The Morgan fingerprint density at radius 1 is 0.470 bits per heavy atom. The molecule has 8 nitrogen and oxygen atoms in total. The van der Waals surface area contributed by atoms with Crippen LogP contribution in [0.4, 0.5) is 11.4 Å². The van der Waals surface area contributed by atoms with Crippen LogP contribution in [0.1, 0.15) is 70.2 Å². The zero-order valence-electron chi connectivity index (χ0n) is 37.4. The topological polar surface area (TPSA) is 95.8 Å². The molecule has 0 unspecified atom stereocenters. The third kappa shape index (κ3) is 15.6. The van der Waals surface area contributed by atoms with Crippen molar-refractivity contribution in [2.75, 3.05) is 26.4 Å². The average molecular weight is 873 g/mol. The minimum atomic E-state index is -0.405. The van der Waals surface area contributed by atoms with Gasteiger partial charge in [0.2, 0.25) is 0 Å². The van der Waals surface area contributed by atoms with Crippen LogP contribution in [0.3, 0.4) is 0 Å². The highest BCUT2D eigenvalue weighted by Crippen LogP contribution is 2.28. The molecule has 8 heteroatoms. The van der Waals surface area contributed by atoms with Crippen molar-refractivity contribution in [1.29, 1.82) is 0 Å². The summed E-state index contributed by atoms with van der Waals surface area (Å²) in [5.41, 5.74) is 12.0. The van der Waals surface area contributed by atoms with Crippen molar-refractivity contribution in [2.24, 2.45) is 9.98 Å². The van der Waals surface area contributed by atoms with E-state index in [0.717, 1.165) is 105 Å². The van der Waals surface area contributed by atoms with Crippen LogP contribution in [0, 0.1) is 37.5 Å². The molecule has 0 amide bonds. The predicted octanol–water partition coefficient (Wildman–Crippen LogP) is 12.0. The Morgan fingerprint density at radius 3 is 1.18 bits per heavy atom. The van der Waals surface area contributed by atoms with Gasteiger partial charge in [0.15, 0.2) is 0 Å². The van der Waals surface area contributed by atoms with Gasteiger partial charge in [-0.25, -0.2) is 9.59 Å². The average Bonchev–Trinajstić information content (AvgIpc) is 3.35. The lowest BCUT2D eigenvalue weighted by Crippen LogP contribution is -2.04. The number of nitrogens with zero attached hydrogens (tertiary/aromatic N) is 2. The van der Waals surface area contributed by atoms with Gasteiger partial charge in [-0.15, -0.1) is 0 Å². The molecule has 0 N–H and O–H groups in total. The van der Waals surface area contributed by atoms with E-state index in [9.17, 15) is 9.59 Å². The second kappa shape index (κ2) is 25.2. The largest absolute Gasteiger partial charge is 0.494 e. The quantitative estimate of drug-likeness (QED) is 0.0264. The van der Waals surface area contributed by atoms with E-state index in [1.165, 1.54) is 11.1 Å². The van der Waals surface area contributed by atoms with Gasteiger partial charge in [-0.3, -0.25) is 9.98 Å². The Hall–Kier alpha value is -8.20. The van der Waals surface area contributed by atoms with Crippen LogP contribution in [-0.2, 0) is 19.1 Å². The van der Waals surface area contributed by atoms with E-state index in [1.807, 2.05) is 109 Å². The summed E-state index contributed by atoms with van der Waals surface area (Å²) < 4.78 is 21.5. The molecule has 0 fully saturated rings. The molecule has 6 aromatic rings. The van der Waals surface area contributed by atoms with E-state index in [0.29, 0.717) is 26.4 Å². The molecule has 0 aliphatic rings. The fourth-order valence-electron chi connectivity index (χ4n) is 6.49. The molecule has 0 aromatic heterocycles. The lowest BCUT2D eigenvalue weighted by Gasteiger charge is -2.10. The van der Waals surface area contributed by atoms with Crippen LogP contribution in [0.25, 0.3) is 11.1 Å². The van der Waals surface area contributed by atoms with Crippen LogP contribution >= 0.6 is 0 Å². The van der Waals surface area contributed by atoms with E-state index < -0.39 is 11.9 Å². The first-order valence-electron chi connectivity index (χ1n) is 21.8. The summed E-state index contributed by atoms with van der Waals surface area (Å²) in [6.07, 6.45) is 9.00. The lowest BCUT2D eigenvalue weighted by atomic mass is 9.94. The predicted molar refractivity (Wildman–Crippen MR) is 265 cm³/mol. The van der Waals surface area contributed by atoms with E-state index in [4.69, 9.17) is 18.9 Å². The first-order valence-corrected chi connectivity index (χ1v) is 21.8. The Bertz CT molecular complexity index is 2590. The first kappa shape index (κ1) is 47.3. The molecule has 0 heterocycles. The number of unbranched alkanes of at least 4 members (excludes halogenated alkanes) is 2. The Balaban J connectivity index is 0.951. The highest BCUT2D eigenvalue weighted by atomic mass is 16.5. The summed E-state index contributed by atoms with van der Waals surface area (Å²) in [6.45, 7) is 12.8. The summed E-state index contributed by atoms with van der Waals surface area (Å²) in [5.74, 6) is 14.0. The van der Waals surface area contributed by atoms with Crippen molar-refractivity contribution in [2.45, 2.75) is 39.5 Å². The molecule has 0 bridgehead atoms. The third-order valence-corrected chi connectivity index (χ3v) is 10.1. The van der Waals surface area contributed by atoms with Gasteiger partial charge in [-0.1, -0.05) is 49.0 Å². The van der Waals surface area contributed by atoms with Crippen LogP contribution in [0.2, 0.25) is 0 Å². The van der Waals surface area contributed by atoms with Crippen molar-refractivity contribution in [3.05, 3.63) is 203 Å². The summed E-state index contributed by atoms with van der Waals surface area (Å²) in [4.78, 5) is 31.4. The van der Waals surface area contributed by atoms with Crippen molar-refractivity contribution in [3.63, 3.8) is 0 Å². The molecule has 6 aromatic carbocycles. The molecular weight excluding hydrogens is 821 g/mol. The number of hydrogen-bond donors (Lipinski definition) is 0. The van der Waals surface area contributed by atoms with Gasteiger partial charge in [-0.05, 0) is 194 Å². The second-order valence-corrected chi connectivity index (χ2v) is 15.2. The number of benzene rings is 6. The summed E-state index contributed by atoms with van der Waals surface area (Å²) >= 11 is 0. The van der Waals surface area contributed by atoms with Gasteiger partial charge in [-0.2, -0.15) is 0 Å². The Morgan fingerprint density at radius 2 is 0.818 bits per heavy atom. The maximum absolute atomic E-state index is 11.1. The lowest BCUT2D eigenvalue weighted by molar-refractivity contribution is -0.138. The molecule has 0 radical (unpaired) electrons. The zero-order valence-corrected chi connectivity index (χ0v) is 37.4. The molecule has 0 aliphatic heterocycles. The SMILES string of the molecule is C=CC(=O)OCCCCOc1ccc(C=Nc2ccc(C#Cc3ccc(-c4ccc(C#Cc5ccc(N=Cc6ccc(OCCCCOC(=O)C=C)cc6)cc5)cc4C)c(C)c3)cc2)cc1. The molecule has 6 rings (SSSR count). The van der Waals surface area contributed by atoms with Crippen molar-refractivity contribution >= 4 is 35.7 Å². The summed E-state index contributed by atoms with van der Waals surface area (Å²) in [6, 6.07) is 44.0. The number of carbonyl (C=O) groups is 2. The minimum absolute atomic E-state index is 0.360. The molecule has 0 atom stereocenters. The number of rotatable bonds is 19. The van der Waals surface area contributed by atoms with Crippen molar-refractivity contribution < 1.29 is 28.5 Å². The number of carbonyl (C=O) groups excluding carboxylic acids is 2. The summed E-state index contributed by atoms with van der Waals surface area (Å²) in [5, 5.41) is 0. The smallest absolute Gasteiger partial charge is 0.330 e. The van der Waals surface area contributed by atoms with Gasteiger partial charge < -0.3 is 18.9 Å². The normalized spacial score (nSPS) is 10.6. The zero-order chi connectivity index (χ0) is 46.4. The third-order valence-electron chi connectivity index (χ3n) is 10.1. The molecule has 0 saturated heterocycles. The molecular formula is C58H52N2O6.